The molecule has 0 atom stereocenters. The highest BCUT2D eigenvalue weighted by molar-refractivity contribution is 7.90. The maximum Gasteiger partial charge on any atom is 0.416 e. The number of aryl methyl sites for hydroxylation is 1. The molecule has 0 saturated heterocycles. The van der Waals surface area contributed by atoms with Crippen molar-refractivity contribution in [3.8, 4) is 11.3 Å². The zero-order valence-corrected chi connectivity index (χ0v) is 21.4. The number of nitrogens with one attached hydrogen (secondary N) is 1. The van der Waals surface area contributed by atoms with Crippen molar-refractivity contribution in [2.75, 3.05) is 24.7 Å². The molecule has 1 amide bonds. The molecule has 3 aromatic rings. The van der Waals surface area contributed by atoms with E-state index in [-0.39, 0.29) is 48.2 Å². The number of nitrogens with zero attached hydrogens (tertiary/aromatic N) is 3. The van der Waals surface area contributed by atoms with Crippen molar-refractivity contribution in [2.45, 2.75) is 37.4 Å². The van der Waals surface area contributed by atoms with Crippen LogP contribution in [0, 0.1) is 6.92 Å². The minimum absolute atomic E-state index is 0.0100. The zero-order chi connectivity index (χ0) is 28.8. The van der Waals surface area contributed by atoms with Gasteiger partial charge < -0.3 is 10.2 Å². The molecule has 208 valence electrons. The fourth-order valence-electron chi connectivity index (χ4n) is 4.19. The van der Waals surface area contributed by atoms with Gasteiger partial charge in [0, 0.05) is 31.5 Å². The summed E-state index contributed by atoms with van der Waals surface area (Å²) in [6.07, 6.45) is -8.92. The summed E-state index contributed by atoms with van der Waals surface area (Å²) in [6.45, 7) is 1.33. The van der Waals surface area contributed by atoms with Crippen molar-refractivity contribution in [2.24, 2.45) is 0 Å². The Labute approximate surface area is 219 Å². The normalized spacial score (nSPS) is 14.9. The predicted molar refractivity (Wildman–Crippen MR) is 130 cm³/mol. The average molecular weight is 573 g/mol. The molecule has 4 rings (SSSR count). The predicted octanol–water partition coefficient (Wildman–Crippen LogP) is 5.35. The minimum Gasteiger partial charge on any atom is -0.369 e. The second-order valence-electron chi connectivity index (χ2n) is 9.09. The van der Waals surface area contributed by atoms with Gasteiger partial charge in [-0.15, -0.1) is 0 Å². The van der Waals surface area contributed by atoms with E-state index in [2.05, 4.69) is 15.3 Å². The number of carbonyl (C=O) groups excluding carboxylic acids is 1. The van der Waals surface area contributed by atoms with Crippen LogP contribution in [0.3, 0.4) is 0 Å². The van der Waals surface area contributed by atoms with E-state index in [0.29, 0.717) is 23.3 Å². The summed E-state index contributed by atoms with van der Waals surface area (Å²) in [4.78, 5) is 23.1. The molecule has 0 aliphatic carbocycles. The molecule has 0 fully saturated rings. The molecule has 2 aromatic carbocycles. The van der Waals surface area contributed by atoms with Crippen molar-refractivity contribution >= 4 is 21.6 Å². The fraction of sp³-hybridized carbons (Fsp3) is 0.320. The number of carbonyl (C=O) groups is 1. The van der Waals surface area contributed by atoms with Crippen molar-refractivity contribution in [3.63, 3.8) is 0 Å². The van der Waals surface area contributed by atoms with Crippen LogP contribution in [0.5, 0.6) is 0 Å². The van der Waals surface area contributed by atoms with Crippen LogP contribution >= 0.6 is 0 Å². The first-order chi connectivity index (χ1) is 18.1. The van der Waals surface area contributed by atoms with Crippen LogP contribution in [0.2, 0.25) is 0 Å². The van der Waals surface area contributed by atoms with Gasteiger partial charge in [-0.2, -0.15) is 26.3 Å². The van der Waals surface area contributed by atoms with E-state index in [0.717, 1.165) is 11.2 Å². The lowest BCUT2D eigenvalue weighted by Gasteiger charge is -2.28. The number of fused-ring (bicyclic) bond motifs is 1. The Bertz CT molecular complexity index is 1510. The molecule has 2 heterocycles. The quantitative estimate of drug-likeness (QED) is 0.335. The van der Waals surface area contributed by atoms with E-state index in [1.165, 1.54) is 0 Å². The SMILES string of the molecule is Cc1ccccc1-c1nc(S(C)(=O)=O)nc2c1C(=O)N(Cc1cc(C(F)(F)F)cc(C(F)(F)F)c1)CCCN2. The number of benzene rings is 2. The molecule has 1 aliphatic rings. The summed E-state index contributed by atoms with van der Waals surface area (Å²) >= 11 is 0. The monoisotopic (exact) mass is 572 g/mol. The van der Waals surface area contributed by atoms with E-state index in [4.69, 9.17) is 0 Å². The number of sulfone groups is 1. The largest absolute Gasteiger partial charge is 0.416 e. The molecule has 1 aliphatic heterocycles. The van der Waals surface area contributed by atoms with Gasteiger partial charge in [-0.1, -0.05) is 24.3 Å². The first-order valence-corrected chi connectivity index (χ1v) is 13.4. The molecule has 0 unspecified atom stereocenters. The molecule has 0 spiro atoms. The number of alkyl halides is 6. The van der Waals surface area contributed by atoms with Crippen LogP contribution in [-0.4, -0.2) is 48.5 Å². The van der Waals surface area contributed by atoms with Gasteiger partial charge in [0.1, 0.15) is 11.4 Å². The van der Waals surface area contributed by atoms with Gasteiger partial charge >= 0.3 is 12.4 Å². The van der Waals surface area contributed by atoms with E-state index in [1.54, 1.807) is 31.2 Å². The van der Waals surface area contributed by atoms with Crippen LogP contribution in [0.4, 0.5) is 32.2 Å². The zero-order valence-electron chi connectivity index (χ0n) is 20.6. The van der Waals surface area contributed by atoms with E-state index >= 15 is 0 Å². The highest BCUT2D eigenvalue weighted by Gasteiger charge is 2.37. The average Bonchev–Trinajstić information content (AvgIpc) is 2.82. The molecular formula is C25H22F6N4O3S. The smallest absolute Gasteiger partial charge is 0.369 e. The van der Waals surface area contributed by atoms with E-state index < -0.39 is 50.9 Å². The summed E-state index contributed by atoms with van der Waals surface area (Å²) in [5.74, 6) is -0.875. The van der Waals surface area contributed by atoms with Gasteiger partial charge in [-0.05, 0) is 42.7 Å². The van der Waals surface area contributed by atoms with Gasteiger partial charge in [0.2, 0.25) is 15.0 Å². The molecule has 0 bridgehead atoms. The van der Waals surface area contributed by atoms with Crippen molar-refractivity contribution in [3.05, 3.63) is 70.3 Å². The Balaban J connectivity index is 1.87. The Morgan fingerprint density at radius 3 is 2.15 bits per heavy atom. The molecule has 39 heavy (non-hydrogen) atoms. The topological polar surface area (TPSA) is 92.3 Å². The summed E-state index contributed by atoms with van der Waals surface area (Å²) in [5, 5.41) is 2.38. The molecule has 0 saturated carbocycles. The maximum atomic E-state index is 13.8. The molecule has 7 nitrogen and oxygen atoms in total. The first-order valence-electron chi connectivity index (χ1n) is 11.6. The van der Waals surface area contributed by atoms with Crippen LogP contribution in [0.25, 0.3) is 11.3 Å². The number of hydrogen-bond donors (Lipinski definition) is 1. The molecule has 0 radical (unpaired) electrons. The van der Waals surface area contributed by atoms with Crippen LogP contribution < -0.4 is 5.32 Å². The number of halogens is 6. The number of anilines is 1. The standard InChI is InChI=1S/C25H22F6N4O3S/c1-14-6-3-4-7-18(14)20-19-21(34-23(33-20)39(2,37)38)32-8-5-9-35(22(19)36)13-15-10-16(24(26,27)28)12-17(11-15)25(29,30)31/h3-4,6-7,10-12H,5,8-9,13H2,1-2H3,(H,32,33,34). The maximum absolute atomic E-state index is 13.8. The third kappa shape index (κ3) is 6.15. The van der Waals surface area contributed by atoms with E-state index in [1.807, 2.05) is 0 Å². The van der Waals surface area contributed by atoms with Gasteiger partial charge in [0.25, 0.3) is 5.91 Å². The highest BCUT2D eigenvalue weighted by Crippen LogP contribution is 2.37. The second-order valence-corrected chi connectivity index (χ2v) is 11.0. The lowest BCUT2D eigenvalue weighted by atomic mass is 9.99. The summed E-state index contributed by atoms with van der Waals surface area (Å²) in [5.41, 5.74) is -2.46. The van der Waals surface area contributed by atoms with E-state index in [9.17, 15) is 39.6 Å². The molecule has 1 aromatic heterocycles. The Kier molecular flexibility index (Phi) is 7.36. The molecule has 1 N–H and O–H groups in total. The number of hydrogen-bond acceptors (Lipinski definition) is 6. The number of amides is 1. The van der Waals surface area contributed by atoms with Gasteiger partial charge in [0.05, 0.1) is 16.8 Å². The summed E-state index contributed by atoms with van der Waals surface area (Å²) in [6, 6.07) is 7.87. The van der Waals surface area contributed by atoms with Gasteiger partial charge in [-0.3, -0.25) is 4.79 Å². The summed E-state index contributed by atoms with van der Waals surface area (Å²) < 4.78 is 105. The number of rotatable bonds is 4. The first kappa shape index (κ1) is 28.3. The summed E-state index contributed by atoms with van der Waals surface area (Å²) in [7, 11) is -3.92. The van der Waals surface area contributed by atoms with Crippen LogP contribution in [0.15, 0.2) is 47.6 Å². The molecular weight excluding hydrogens is 550 g/mol. The third-order valence-electron chi connectivity index (χ3n) is 6.04. The fourth-order valence-corrected chi connectivity index (χ4v) is 4.70. The lowest BCUT2D eigenvalue weighted by molar-refractivity contribution is -0.143. The Morgan fingerprint density at radius 1 is 0.974 bits per heavy atom. The number of aromatic nitrogens is 2. The second kappa shape index (κ2) is 10.1. The van der Waals surface area contributed by atoms with Crippen molar-refractivity contribution in [1.29, 1.82) is 0 Å². The minimum atomic E-state index is -5.04. The van der Waals surface area contributed by atoms with Crippen molar-refractivity contribution < 1.29 is 39.6 Å². The lowest BCUT2D eigenvalue weighted by Crippen LogP contribution is -2.36. The third-order valence-corrected chi connectivity index (χ3v) is 6.89. The molecule has 14 heteroatoms. The van der Waals surface area contributed by atoms with Gasteiger partial charge in [-0.25, -0.2) is 18.4 Å². The van der Waals surface area contributed by atoms with Gasteiger partial charge in [0.15, 0.2) is 0 Å². The van der Waals surface area contributed by atoms with Crippen LogP contribution in [0.1, 0.15) is 39.0 Å². The Morgan fingerprint density at radius 2 is 1.59 bits per heavy atom. The van der Waals surface area contributed by atoms with Crippen molar-refractivity contribution in [1.82, 2.24) is 14.9 Å². The Hall–Kier alpha value is -3.68. The van der Waals surface area contributed by atoms with Crippen LogP contribution in [-0.2, 0) is 28.7 Å². The highest BCUT2D eigenvalue weighted by atomic mass is 32.2.